The molecule has 0 unspecified atom stereocenters. The Kier molecular flexibility index (Phi) is 2.52. The van der Waals surface area contributed by atoms with Gasteiger partial charge in [-0.3, -0.25) is 0 Å². The Morgan fingerprint density at radius 1 is 1.43 bits per heavy atom. The van der Waals surface area contributed by atoms with E-state index in [2.05, 4.69) is 22.4 Å². The van der Waals surface area contributed by atoms with Crippen LogP contribution in [0.3, 0.4) is 0 Å². The number of aliphatic hydroxyl groups excluding tert-OH is 1. The Morgan fingerprint density at radius 2 is 2.29 bits per heavy atom. The van der Waals surface area contributed by atoms with Crippen LogP contribution >= 0.6 is 0 Å². The summed E-state index contributed by atoms with van der Waals surface area (Å²) in [7, 11) is 1.85. The third-order valence-electron chi connectivity index (χ3n) is 2.51. The number of hydrogen-bond donors (Lipinski definition) is 3. The van der Waals surface area contributed by atoms with Crippen molar-refractivity contribution < 1.29 is 5.11 Å². The molecule has 0 aliphatic carbocycles. The van der Waals surface area contributed by atoms with Crippen molar-refractivity contribution in [3.8, 4) is 0 Å². The van der Waals surface area contributed by atoms with Crippen molar-refractivity contribution in [1.82, 2.24) is 10.3 Å². The second kappa shape index (κ2) is 3.82. The van der Waals surface area contributed by atoms with E-state index >= 15 is 0 Å². The summed E-state index contributed by atoms with van der Waals surface area (Å²) < 4.78 is 0. The molecule has 1 heterocycles. The fourth-order valence-corrected chi connectivity index (χ4v) is 1.65. The number of aliphatic hydroxyl groups is 1. The van der Waals surface area contributed by atoms with Crippen LogP contribution < -0.4 is 5.32 Å². The monoisotopic (exact) mass is 190 g/mol. The minimum Gasteiger partial charge on any atom is -0.394 e. The third-order valence-corrected chi connectivity index (χ3v) is 2.51. The van der Waals surface area contributed by atoms with Crippen molar-refractivity contribution in [2.45, 2.75) is 6.04 Å². The van der Waals surface area contributed by atoms with Crippen molar-refractivity contribution in [2.75, 3.05) is 13.7 Å². The van der Waals surface area contributed by atoms with E-state index in [1.165, 1.54) is 5.39 Å². The quantitative estimate of drug-likeness (QED) is 0.685. The first-order valence-corrected chi connectivity index (χ1v) is 4.70. The molecule has 2 aromatic rings. The number of likely N-dealkylation sites (N-methyl/N-ethyl adjacent to an activating group) is 1. The fourth-order valence-electron chi connectivity index (χ4n) is 1.65. The normalized spacial score (nSPS) is 13.3. The molecule has 0 bridgehead atoms. The molecule has 1 aromatic carbocycles. The lowest BCUT2D eigenvalue weighted by Crippen LogP contribution is -2.19. The lowest BCUT2D eigenvalue weighted by molar-refractivity contribution is 0.251. The number of nitrogens with one attached hydrogen (secondary N) is 2. The molecular weight excluding hydrogens is 176 g/mol. The van der Waals surface area contributed by atoms with Crippen LogP contribution in [-0.2, 0) is 0 Å². The summed E-state index contributed by atoms with van der Waals surface area (Å²) in [5.74, 6) is 0. The molecule has 0 fully saturated rings. The van der Waals surface area contributed by atoms with Crippen LogP contribution in [0.1, 0.15) is 11.6 Å². The first kappa shape index (κ1) is 9.24. The van der Waals surface area contributed by atoms with E-state index in [1.54, 1.807) is 0 Å². The molecule has 0 saturated heterocycles. The number of benzene rings is 1. The van der Waals surface area contributed by atoms with Crippen molar-refractivity contribution in [3.05, 3.63) is 36.0 Å². The van der Waals surface area contributed by atoms with Gasteiger partial charge in [0.1, 0.15) is 0 Å². The van der Waals surface area contributed by atoms with E-state index < -0.39 is 0 Å². The summed E-state index contributed by atoms with van der Waals surface area (Å²) in [4.78, 5) is 3.15. The molecule has 3 N–H and O–H groups in total. The van der Waals surface area contributed by atoms with Crippen LogP contribution in [0.5, 0.6) is 0 Å². The molecule has 14 heavy (non-hydrogen) atoms. The number of fused-ring (bicyclic) bond motifs is 1. The SMILES string of the molecule is CN[C@H](CO)c1ccc2cc[nH]c2c1. The molecule has 0 saturated carbocycles. The van der Waals surface area contributed by atoms with E-state index in [0.29, 0.717) is 0 Å². The average Bonchev–Trinajstić information content (AvgIpc) is 2.66. The summed E-state index contributed by atoms with van der Waals surface area (Å²) in [5.41, 5.74) is 2.21. The zero-order valence-electron chi connectivity index (χ0n) is 8.12. The molecule has 1 atom stereocenters. The van der Waals surface area contributed by atoms with Crippen LogP contribution in [0.25, 0.3) is 10.9 Å². The molecule has 0 aliphatic rings. The van der Waals surface area contributed by atoms with Gasteiger partial charge in [-0.05, 0) is 30.1 Å². The predicted molar refractivity (Wildman–Crippen MR) is 57.2 cm³/mol. The predicted octanol–water partition coefficient (Wildman–Crippen LogP) is 1.42. The molecule has 3 nitrogen and oxygen atoms in total. The van der Waals surface area contributed by atoms with E-state index in [4.69, 9.17) is 5.11 Å². The Labute approximate surface area is 82.8 Å². The maximum atomic E-state index is 9.13. The number of hydrogen-bond acceptors (Lipinski definition) is 2. The van der Waals surface area contributed by atoms with E-state index in [-0.39, 0.29) is 12.6 Å². The second-order valence-corrected chi connectivity index (χ2v) is 3.35. The minimum absolute atomic E-state index is 0.0164. The molecule has 0 spiro atoms. The van der Waals surface area contributed by atoms with Crippen molar-refractivity contribution in [2.24, 2.45) is 0 Å². The Morgan fingerprint density at radius 3 is 3.00 bits per heavy atom. The number of aromatic amines is 1. The van der Waals surface area contributed by atoms with Gasteiger partial charge in [0.15, 0.2) is 0 Å². The standard InChI is InChI=1S/C11H14N2O/c1-12-11(7-14)9-3-2-8-4-5-13-10(8)6-9/h2-6,11-14H,7H2,1H3/t11-/m1/s1. The molecule has 74 valence electrons. The minimum atomic E-state index is 0.0164. The Balaban J connectivity index is 2.42. The summed E-state index contributed by atoms with van der Waals surface area (Å²) in [6, 6.07) is 8.20. The van der Waals surface area contributed by atoms with Gasteiger partial charge < -0.3 is 15.4 Å². The van der Waals surface area contributed by atoms with Crippen molar-refractivity contribution >= 4 is 10.9 Å². The van der Waals surface area contributed by atoms with Gasteiger partial charge in [-0.25, -0.2) is 0 Å². The Hall–Kier alpha value is -1.32. The first-order valence-electron chi connectivity index (χ1n) is 4.70. The molecule has 0 aliphatic heterocycles. The zero-order chi connectivity index (χ0) is 9.97. The summed E-state index contributed by atoms with van der Waals surface area (Å²) >= 11 is 0. The van der Waals surface area contributed by atoms with Gasteiger partial charge in [-0.15, -0.1) is 0 Å². The highest BCUT2D eigenvalue weighted by molar-refractivity contribution is 5.79. The summed E-state index contributed by atoms with van der Waals surface area (Å²) in [6.07, 6.45) is 1.92. The van der Waals surface area contributed by atoms with E-state index in [1.807, 2.05) is 25.4 Å². The van der Waals surface area contributed by atoms with Crippen LogP contribution in [0.2, 0.25) is 0 Å². The summed E-state index contributed by atoms with van der Waals surface area (Å²) in [5, 5.41) is 13.4. The van der Waals surface area contributed by atoms with Crippen LogP contribution in [0, 0.1) is 0 Å². The topological polar surface area (TPSA) is 48.0 Å². The molecule has 0 radical (unpaired) electrons. The molecular formula is C11H14N2O. The van der Waals surface area contributed by atoms with E-state index in [9.17, 15) is 0 Å². The number of H-pyrrole nitrogens is 1. The van der Waals surface area contributed by atoms with Gasteiger partial charge in [0, 0.05) is 11.7 Å². The molecule has 3 heteroatoms. The lowest BCUT2D eigenvalue weighted by atomic mass is 10.1. The zero-order valence-corrected chi connectivity index (χ0v) is 8.12. The number of aromatic nitrogens is 1. The van der Waals surface area contributed by atoms with Gasteiger partial charge in [0.2, 0.25) is 0 Å². The van der Waals surface area contributed by atoms with E-state index in [0.717, 1.165) is 11.1 Å². The Bertz CT molecular complexity index is 418. The van der Waals surface area contributed by atoms with Gasteiger partial charge in [-0.1, -0.05) is 12.1 Å². The van der Waals surface area contributed by atoms with Crippen LogP contribution in [0.4, 0.5) is 0 Å². The molecule has 2 rings (SSSR count). The van der Waals surface area contributed by atoms with Crippen molar-refractivity contribution in [1.29, 1.82) is 0 Å². The fraction of sp³-hybridized carbons (Fsp3) is 0.273. The van der Waals surface area contributed by atoms with Gasteiger partial charge in [0.05, 0.1) is 12.6 Å². The second-order valence-electron chi connectivity index (χ2n) is 3.35. The highest BCUT2D eigenvalue weighted by Crippen LogP contribution is 2.18. The average molecular weight is 190 g/mol. The van der Waals surface area contributed by atoms with Gasteiger partial charge >= 0.3 is 0 Å². The maximum Gasteiger partial charge on any atom is 0.0626 e. The van der Waals surface area contributed by atoms with Crippen LogP contribution in [-0.4, -0.2) is 23.7 Å². The highest BCUT2D eigenvalue weighted by atomic mass is 16.3. The summed E-state index contributed by atoms with van der Waals surface area (Å²) in [6.45, 7) is 0.114. The maximum absolute atomic E-state index is 9.13. The van der Waals surface area contributed by atoms with Gasteiger partial charge in [0.25, 0.3) is 0 Å². The van der Waals surface area contributed by atoms with Crippen LogP contribution in [0.15, 0.2) is 30.5 Å². The van der Waals surface area contributed by atoms with Crippen molar-refractivity contribution in [3.63, 3.8) is 0 Å². The largest absolute Gasteiger partial charge is 0.394 e. The van der Waals surface area contributed by atoms with Gasteiger partial charge in [-0.2, -0.15) is 0 Å². The number of rotatable bonds is 3. The molecule has 0 amide bonds. The smallest absolute Gasteiger partial charge is 0.0626 e. The lowest BCUT2D eigenvalue weighted by Gasteiger charge is -2.13. The molecule has 1 aromatic heterocycles. The first-order chi connectivity index (χ1) is 6.85. The third kappa shape index (κ3) is 1.52. The highest BCUT2D eigenvalue weighted by Gasteiger charge is 2.07.